The lowest BCUT2D eigenvalue weighted by atomic mass is 10.2. The number of benzene rings is 2. The van der Waals surface area contributed by atoms with Crippen LogP contribution >= 0.6 is 23.4 Å². The van der Waals surface area contributed by atoms with Gasteiger partial charge in [0.1, 0.15) is 5.75 Å². The molecular weight excluding hydrogens is 438 g/mol. The van der Waals surface area contributed by atoms with Crippen LogP contribution in [0.1, 0.15) is 19.4 Å². The van der Waals surface area contributed by atoms with Gasteiger partial charge in [0, 0.05) is 5.02 Å². The molecular formula is C21H22ClN5O3S. The number of aromatic amines is 1. The molecule has 3 aromatic rings. The Kier molecular flexibility index (Phi) is 7.91. The quantitative estimate of drug-likeness (QED) is 0.221. The first-order valence-corrected chi connectivity index (χ1v) is 11.0. The average molecular weight is 460 g/mol. The van der Waals surface area contributed by atoms with Crippen molar-refractivity contribution in [1.29, 1.82) is 0 Å². The number of thioether (sulfide) groups is 1. The minimum atomic E-state index is -0.273. The van der Waals surface area contributed by atoms with E-state index in [1.807, 2.05) is 35.8 Å². The fourth-order valence-corrected chi connectivity index (χ4v) is 3.70. The maximum atomic E-state index is 12.2. The summed E-state index contributed by atoms with van der Waals surface area (Å²) in [5.74, 6) is 0.775. The summed E-state index contributed by atoms with van der Waals surface area (Å²) in [4.78, 5) is 12.2. The van der Waals surface area contributed by atoms with Gasteiger partial charge >= 0.3 is 5.16 Å². The second-order valence-corrected chi connectivity index (χ2v) is 7.71. The zero-order chi connectivity index (χ0) is 22.2. The highest BCUT2D eigenvalue weighted by Crippen LogP contribution is 2.23. The Hall–Kier alpha value is -3.04. The molecule has 31 heavy (non-hydrogen) atoms. The fourth-order valence-electron chi connectivity index (χ4n) is 2.76. The van der Waals surface area contributed by atoms with Gasteiger partial charge in [-0.1, -0.05) is 29.5 Å². The van der Waals surface area contributed by atoms with Gasteiger partial charge in [-0.15, -0.1) is 5.10 Å². The van der Waals surface area contributed by atoms with Gasteiger partial charge in [-0.3, -0.25) is 4.79 Å². The number of hydrazone groups is 1. The highest BCUT2D eigenvalue weighted by atomic mass is 35.5. The Morgan fingerprint density at radius 2 is 2.10 bits per heavy atom. The summed E-state index contributed by atoms with van der Waals surface area (Å²) in [6.07, 6.45) is 1.46. The van der Waals surface area contributed by atoms with E-state index in [2.05, 4.69) is 20.7 Å². The van der Waals surface area contributed by atoms with Gasteiger partial charge in [0.05, 0.1) is 35.8 Å². The molecule has 0 bridgehead atoms. The van der Waals surface area contributed by atoms with Crippen molar-refractivity contribution < 1.29 is 19.2 Å². The molecule has 0 atom stereocenters. The number of rotatable bonds is 9. The summed E-state index contributed by atoms with van der Waals surface area (Å²) in [6, 6.07) is 12.1. The van der Waals surface area contributed by atoms with E-state index < -0.39 is 0 Å². The monoisotopic (exact) mass is 459 g/mol. The number of hydrogen-bond donors (Lipinski definition) is 2. The van der Waals surface area contributed by atoms with Crippen LogP contribution in [0, 0.1) is 0 Å². The Morgan fingerprint density at radius 3 is 2.81 bits per heavy atom. The Labute approximate surface area is 189 Å². The number of carbonyl (C=O) groups excluding carboxylic acids is 1. The Morgan fingerprint density at radius 1 is 1.32 bits per heavy atom. The van der Waals surface area contributed by atoms with Crippen molar-refractivity contribution in [2.24, 2.45) is 5.10 Å². The third kappa shape index (κ3) is 5.99. The molecule has 162 valence electrons. The van der Waals surface area contributed by atoms with Crippen LogP contribution in [0.5, 0.6) is 11.5 Å². The number of amides is 1. The van der Waals surface area contributed by atoms with Gasteiger partial charge in [-0.05, 0) is 61.5 Å². The number of ether oxygens (including phenoxy) is 1. The molecule has 8 nitrogen and oxygen atoms in total. The largest absolute Gasteiger partial charge is 0.870 e. The molecule has 0 unspecified atom stereocenters. The number of nitrogens with zero attached hydrogens (tertiary/aromatic N) is 3. The van der Waals surface area contributed by atoms with E-state index in [1.165, 1.54) is 24.0 Å². The molecule has 2 aromatic carbocycles. The van der Waals surface area contributed by atoms with Crippen molar-refractivity contribution in [3.8, 4) is 22.9 Å². The van der Waals surface area contributed by atoms with E-state index in [0.29, 0.717) is 28.9 Å². The number of aromatic nitrogens is 3. The van der Waals surface area contributed by atoms with E-state index in [-0.39, 0.29) is 23.2 Å². The lowest BCUT2D eigenvalue weighted by Crippen LogP contribution is -2.36. The first-order chi connectivity index (χ1) is 15.0. The summed E-state index contributed by atoms with van der Waals surface area (Å²) in [7, 11) is 0. The Balaban J connectivity index is 1.58. The van der Waals surface area contributed by atoms with E-state index in [9.17, 15) is 9.90 Å². The first kappa shape index (κ1) is 22.6. The molecule has 0 spiro atoms. The predicted octanol–water partition coefficient (Wildman–Crippen LogP) is 2.75. The average Bonchev–Trinajstić information content (AvgIpc) is 3.18. The number of carbonyl (C=O) groups is 1. The molecule has 3 rings (SSSR count). The molecule has 1 aromatic heterocycles. The SMILES string of the molecule is CCOc1cc(/C=N/NC(=O)CSc2n[nH]c(-c3ccc(Cl)cc3)[n+]2CC)ccc1[O-]. The summed E-state index contributed by atoms with van der Waals surface area (Å²) >= 11 is 7.26. The molecule has 0 fully saturated rings. The van der Waals surface area contributed by atoms with Crippen LogP contribution in [0.4, 0.5) is 0 Å². The molecule has 0 aliphatic carbocycles. The topological polar surface area (TPSA) is 106 Å². The maximum Gasteiger partial charge on any atom is 0.337 e. The molecule has 0 saturated carbocycles. The summed E-state index contributed by atoms with van der Waals surface area (Å²) in [5, 5.41) is 24.3. The van der Waals surface area contributed by atoms with Crippen LogP contribution in [0.15, 0.2) is 52.7 Å². The minimum Gasteiger partial charge on any atom is -0.870 e. The Bertz CT molecular complexity index is 1070. The van der Waals surface area contributed by atoms with E-state index in [0.717, 1.165) is 11.4 Å². The third-order valence-electron chi connectivity index (χ3n) is 4.19. The molecule has 1 heterocycles. The summed E-state index contributed by atoms with van der Waals surface area (Å²) in [5.41, 5.74) is 4.08. The number of hydrogen-bond acceptors (Lipinski definition) is 6. The van der Waals surface area contributed by atoms with Crippen LogP contribution in [0.3, 0.4) is 0 Å². The van der Waals surface area contributed by atoms with Crippen molar-refractivity contribution in [2.45, 2.75) is 25.5 Å². The van der Waals surface area contributed by atoms with Crippen LogP contribution in [-0.2, 0) is 11.3 Å². The molecule has 0 aliphatic rings. The third-order valence-corrected chi connectivity index (χ3v) is 5.42. The zero-order valence-electron chi connectivity index (χ0n) is 17.1. The predicted molar refractivity (Wildman–Crippen MR) is 118 cm³/mol. The fraction of sp³-hybridized carbons (Fsp3) is 0.238. The number of H-pyrrole nitrogens is 1. The highest BCUT2D eigenvalue weighted by molar-refractivity contribution is 7.99. The van der Waals surface area contributed by atoms with Gasteiger partial charge in [0.2, 0.25) is 0 Å². The van der Waals surface area contributed by atoms with E-state index in [1.54, 1.807) is 19.1 Å². The van der Waals surface area contributed by atoms with Crippen molar-refractivity contribution in [2.75, 3.05) is 12.4 Å². The molecule has 10 heteroatoms. The van der Waals surface area contributed by atoms with Crippen LogP contribution in [0.25, 0.3) is 11.4 Å². The molecule has 0 saturated heterocycles. The van der Waals surface area contributed by atoms with Gasteiger partial charge in [-0.2, -0.15) is 5.10 Å². The second kappa shape index (κ2) is 10.8. The maximum absolute atomic E-state index is 12.2. The lowest BCUT2D eigenvalue weighted by Gasteiger charge is -2.13. The lowest BCUT2D eigenvalue weighted by molar-refractivity contribution is -0.719. The molecule has 2 N–H and O–H groups in total. The summed E-state index contributed by atoms with van der Waals surface area (Å²) in [6.45, 7) is 4.90. The smallest absolute Gasteiger partial charge is 0.337 e. The van der Waals surface area contributed by atoms with Crippen molar-refractivity contribution >= 4 is 35.5 Å². The normalized spacial score (nSPS) is 11.1. The van der Waals surface area contributed by atoms with Crippen molar-refractivity contribution in [3.05, 3.63) is 53.1 Å². The molecule has 0 radical (unpaired) electrons. The molecule has 1 amide bonds. The second-order valence-electron chi connectivity index (χ2n) is 6.33. The van der Waals surface area contributed by atoms with E-state index in [4.69, 9.17) is 16.3 Å². The van der Waals surface area contributed by atoms with Gasteiger partial charge < -0.3 is 9.84 Å². The van der Waals surface area contributed by atoms with Crippen molar-refractivity contribution in [3.63, 3.8) is 0 Å². The molecule has 0 aliphatic heterocycles. The number of halogens is 1. The van der Waals surface area contributed by atoms with Crippen molar-refractivity contribution in [1.82, 2.24) is 15.6 Å². The number of nitrogens with one attached hydrogen (secondary N) is 2. The van der Waals surface area contributed by atoms with Crippen LogP contribution in [-0.4, -0.2) is 34.7 Å². The first-order valence-electron chi connectivity index (χ1n) is 9.64. The minimum absolute atomic E-state index is 0.145. The summed E-state index contributed by atoms with van der Waals surface area (Å²) < 4.78 is 7.26. The van der Waals surface area contributed by atoms with E-state index >= 15 is 0 Å². The van der Waals surface area contributed by atoms with Crippen LogP contribution in [0.2, 0.25) is 5.02 Å². The highest BCUT2D eigenvalue weighted by Gasteiger charge is 2.21. The van der Waals surface area contributed by atoms with Gasteiger partial charge in [0.25, 0.3) is 11.7 Å². The van der Waals surface area contributed by atoms with Gasteiger partial charge in [-0.25, -0.2) is 9.99 Å². The van der Waals surface area contributed by atoms with Gasteiger partial charge in [0.15, 0.2) is 0 Å². The zero-order valence-corrected chi connectivity index (χ0v) is 18.7. The standard InChI is InChI=1S/C21H22ClN5O3S/c1-3-27-20(15-6-8-16(22)9-7-15)25-26-21(27)31-13-19(29)24-23-12-14-5-10-17(28)18(11-14)30-4-2/h5-12H,3-4,13H2,1-2H3,(H2,23,24,28,29). The van der Waals surface area contributed by atoms with Crippen LogP contribution < -0.4 is 19.8 Å².